The second-order valence-corrected chi connectivity index (χ2v) is 11.9. The van der Waals surface area contributed by atoms with Gasteiger partial charge in [-0.05, 0) is 48.4 Å². The summed E-state index contributed by atoms with van der Waals surface area (Å²) in [6.45, 7) is 0.131. The molecule has 0 saturated carbocycles. The molecule has 2 amide bonds. The van der Waals surface area contributed by atoms with Crippen LogP contribution in [0.2, 0.25) is 0 Å². The zero-order valence-electron chi connectivity index (χ0n) is 18.3. The first-order valence-electron chi connectivity index (χ1n) is 10.1. The van der Waals surface area contributed by atoms with Gasteiger partial charge in [0.15, 0.2) is 0 Å². The Morgan fingerprint density at radius 2 is 1.48 bits per heavy atom. The predicted molar refractivity (Wildman–Crippen MR) is 120 cm³/mol. The highest BCUT2D eigenvalue weighted by Gasteiger charge is 2.36. The minimum absolute atomic E-state index is 0.0522. The van der Waals surface area contributed by atoms with Gasteiger partial charge < -0.3 is 4.74 Å². The van der Waals surface area contributed by atoms with Gasteiger partial charge in [0.05, 0.1) is 28.3 Å². The van der Waals surface area contributed by atoms with Crippen molar-refractivity contribution in [3.05, 3.63) is 42.0 Å². The molecule has 1 fully saturated rings. The van der Waals surface area contributed by atoms with Crippen LogP contribution in [0.15, 0.2) is 46.2 Å². The van der Waals surface area contributed by atoms with E-state index in [-0.39, 0.29) is 40.6 Å². The molecule has 0 bridgehead atoms. The molecule has 0 aromatic heterocycles. The second kappa shape index (κ2) is 8.12. The molecule has 4 rings (SSSR count). The van der Waals surface area contributed by atoms with Crippen LogP contribution in [0.5, 0.6) is 5.75 Å². The van der Waals surface area contributed by atoms with Crippen molar-refractivity contribution in [1.82, 2.24) is 4.31 Å². The van der Waals surface area contributed by atoms with Gasteiger partial charge in [-0.25, -0.2) is 26.0 Å². The summed E-state index contributed by atoms with van der Waals surface area (Å²) in [5.74, 6) is -0.638. The lowest BCUT2D eigenvalue weighted by Gasteiger charge is -2.22. The number of amides is 2. The number of hydrogen-bond donors (Lipinski definition) is 0. The van der Waals surface area contributed by atoms with Crippen LogP contribution in [0.25, 0.3) is 0 Å². The van der Waals surface area contributed by atoms with E-state index in [2.05, 4.69) is 0 Å². The number of anilines is 2. The third-order valence-corrected chi connectivity index (χ3v) is 9.33. The largest absolute Gasteiger partial charge is 0.495 e. The number of carbonyl (C=O) groups is 2. The first-order chi connectivity index (χ1) is 15.5. The van der Waals surface area contributed by atoms with E-state index in [1.807, 2.05) is 0 Å². The molecule has 2 aliphatic heterocycles. The number of rotatable bonds is 6. The van der Waals surface area contributed by atoms with Crippen molar-refractivity contribution >= 4 is 43.2 Å². The Labute approximate surface area is 192 Å². The number of methoxy groups -OCH3 is 1. The van der Waals surface area contributed by atoms with Crippen molar-refractivity contribution in [2.75, 3.05) is 37.0 Å². The minimum Gasteiger partial charge on any atom is -0.495 e. The van der Waals surface area contributed by atoms with E-state index < -0.39 is 31.9 Å². The van der Waals surface area contributed by atoms with Crippen molar-refractivity contribution in [2.24, 2.45) is 0 Å². The molecule has 10 nitrogen and oxygen atoms in total. The van der Waals surface area contributed by atoms with Crippen LogP contribution >= 0.6 is 0 Å². The molecule has 0 unspecified atom stereocenters. The summed E-state index contributed by atoms with van der Waals surface area (Å²) in [5, 5.41) is 0. The summed E-state index contributed by atoms with van der Waals surface area (Å²) < 4.78 is 59.4. The van der Waals surface area contributed by atoms with Crippen LogP contribution in [-0.2, 0) is 36.1 Å². The van der Waals surface area contributed by atoms with E-state index in [0.717, 1.165) is 9.21 Å². The summed E-state index contributed by atoms with van der Waals surface area (Å²) in [6, 6.07) is 8.37. The fraction of sp³-hybridized carbons (Fsp3) is 0.333. The maximum absolute atomic E-state index is 13.5. The maximum atomic E-state index is 13.5. The Morgan fingerprint density at radius 1 is 0.848 bits per heavy atom. The molecule has 0 aliphatic carbocycles. The van der Waals surface area contributed by atoms with E-state index in [0.29, 0.717) is 17.7 Å². The molecule has 176 valence electrons. The zero-order chi connectivity index (χ0) is 24.1. The number of hydrogen-bond acceptors (Lipinski definition) is 7. The van der Waals surface area contributed by atoms with Crippen LogP contribution in [0, 0.1) is 0 Å². The highest BCUT2D eigenvalue weighted by molar-refractivity contribution is 7.92. The van der Waals surface area contributed by atoms with E-state index >= 15 is 0 Å². The van der Waals surface area contributed by atoms with Crippen molar-refractivity contribution in [3.8, 4) is 5.75 Å². The van der Waals surface area contributed by atoms with Gasteiger partial charge in [0, 0.05) is 33.5 Å². The van der Waals surface area contributed by atoms with Crippen LogP contribution in [0.4, 0.5) is 11.4 Å². The summed E-state index contributed by atoms with van der Waals surface area (Å²) >= 11 is 0. The van der Waals surface area contributed by atoms with Crippen molar-refractivity contribution in [1.29, 1.82) is 0 Å². The van der Waals surface area contributed by atoms with Gasteiger partial charge in [-0.15, -0.1) is 0 Å². The van der Waals surface area contributed by atoms with Gasteiger partial charge in [0.25, 0.3) is 10.0 Å². The molecule has 33 heavy (non-hydrogen) atoms. The zero-order valence-corrected chi connectivity index (χ0v) is 19.9. The number of carbonyl (C=O) groups excluding carboxylic acids is 2. The number of sulfonamides is 2. The van der Waals surface area contributed by atoms with E-state index in [9.17, 15) is 26.4 Å². The lowest BCUT2D eigenvalue weighted by atomic mass is 10.2. The first kappa shape index (κ1) is 23.2. The number of imide groups is 1. The Balaban J connectivity index is 1.75. The van der Waals surface area contributed by atoms with Crippen LogP contribution in [0.1, 0.15) is 18.4 Å². The summed E-state index contributed by atoms with van der Waals surface area (Å²) in [4.78, 5) is 25.4. The third kappa shape index (κ3) is 3.77. The van der Waals surface area contributed by atoms with Gasteiger partial charge in [-0.2, -0.15) is 0 Å². The molecule has 0 atom stereocenters. The normalized spacial score (nSPS) is 16.6. The smallest absolute Gasteiger partial charge is 0.264 e. The Morgan fingerprint density at radius 3 is 2.09 bits per heavy atom. The lowest BCUT2D eigenvalue weighted by Crippen LogP contribution is -2.31. The second-order valence-electron chi connectivity index (χ2n) is 7.86. The molecule has 0 spiro atoms. The topological polar surface area (TPSA) is 121 Å². The van der Waals surface area contributed by atoms with Crippen molar-refractivity contribution in [2.45, 2.75) is 29.1 Å². The lowest BCUT2D eigenvalue weighted by molar-refractivity contribution is -0.121. The standard InChI is InChI=1S/C21H23N3O7S2/c1-22(2)32(27,28)15-4-6-17-14(12-15)10-11-23(17)33(29,30)16-5-7-19(31-3)18(13-16)24-20(25)8-9-21(24)26/h4-7,12-13H,8-11H2,1-3H3. The predicted octanol–water partition coefficient (Wildman–Crippen LogP) is 1.35. The average Bonchev–Trinajstić information content (AvgIpc) is 3.35. The van der Waals surface area contributed by atoms with Crippen LogP contribution in [-0.4, -0.2) is 60.7 Å². The highest BCUT2D eigenvalue weighted by Crippen LogP contribution is 2.38. The molecule has 0 N–H and O–H groups in total. The Hall–Kier alpha value is -2.96. The molecule has 12 heteroatoms. The van der Waals surface area contributed by atoms with Crippen LogP contribution < -0.4 is 13.9 Å². The molecule has 2 aromatic rings. The first-order valence-corrected chi connectivity index (χ1v) is 13.0. The fourth-order valence-corrected chi connectivity index (χ4v) is 6.42. The van der Waals surface area contributed by atoms with Gasteiger partial charge >= 0.3 is 0 Å². The third-order valence-electron chi connectivity index (χ3n) is 5.71. The van der Waals surface area contributed by atoms with Crippen molar-refractivity contribution < 1.29 is 31.2 Å². The van der Waals surface area contributed by atoms with Gasteiger partial charge in [0.2, 0.25) is 21.8 Å². The number of nitrogens with zero attached hydrogens (tertiary/aromatic N) is 3. The molecule has 2 aliphatic rings. The van der Waals surface area contributed by atoms with Crippen LogP contribution in [0.3, 0.4) is 0 Å². The molecular weight excluding hydrogens is 470 g/mol. The van der Waals surface area contributed by atoms with Gasteiger partial charge in [-0.1, -0.05) is 0 Å². The van der Waals surface area contributed by atoms with Gasteiger partial charge in [-0.3, -0.25) is 13.9 Å². The number of ether oxygens (including phenoxy) is 1. The van der Waals surface area contributed by atoms with Crippen molar-refractivity contribution in [3.63, 3.8) is 0 Å². The Bertz CT molecular complexity index is 1350. The van der Waals surface area contributed by atoms with E-state index in [4.69, 9.17) is 4.74 Å². The molecule has 2 heterocycles. The summed E-state index contributed by atoms with van der Waals surface area (Å²) in [7, 11) is -3.49. The monoisotopic (exact) mass is 493 g/mol. The van der Waals surface area contributed by atoms with E-state index in [1.54, 1.807) is 0 Å². The van der Waals surface area contributed by atoms with E-state index in [1.165, 1.54) is 61.9 Å². The minimum atomic E-state index is -4.06. The number of benzene rings is 2. The maximum Gasteiger partial charge on any atom is 0.264 e. The molecule has 1 saturated heterocycles. The summed E-state index contributed by atoms with van der Waals surface area (Å²) in [5.41, 5.74) is 1.07. The average molecular weight is 494 g/mol. The summed E-state index contributed by atoms with van der Waals surface area (Å²) in [6.07, 6.45) is 0.449. The quantitative estimate of drug-likeness (QED) is 0.557. The molecular formula is C21H23N3O7S2. The van der Waals surface area contributed by atoms with Gasteiger partial charge in [0.1, 0.15) is 5.75 Å². The molecule has 0 radical (unpaired) electrons. The SMILES string of the molecule is COc1ccc(S(=O)(=O)N2CCc3cc(S(=O)(=O)N(C)C)ccc32)cc1N1C(=O)CCC1=O. The Kier molecular flexibility index (Phi) is 5.71. The molecule has 2 aromatic carbocycles. The number of fused-ring (bicyclic) bond motifs is 1. The highest BCUT2D eigenvalue weighted by atomic mass is 32.2. The fourth-order valence-electron chi connectivity index (χ4n) is 3.95.